The van der Waals surface area contributed by atoms with Gasteiger partial charge in [-0.25, -0.2) is 10.3 Å². The van der Waals surface area contributed by atoms with Crippen LogP contribution in [-0.4, -0.2) is 17.6 Å². The molecular formula is C13H19N3O4. The second kappa shape index (κ2) is 8.87. The van der Waals surface area contributed by atoms with Crippen molar-refractivity contribution in [1.29, 1.82) is 0 Å². The zero-order valence-electron chi connectivity index (χ0n) is 11.4. The lowest BCUT2D eigenvalue weighted by molar-refractivity contribution is -0.383. The Balaban J connectivity index is 2.34. The number of carbonyl (C=O) groups excluding carboxylic acids is 1. The van der Waals surface area contributed by atoms with E-state index >= 15 is 0 Å². The van der Waals surface area contributed by atoms with Crippen LogP contribution in [0.1, 0.15) is 32.6 Å². The van der Waals surface area contributed by atoms with Crippen molar-refractivity contribution in [3.8, 4) is 0 Å². The van der Waals surface area contributed by atoms with E-state index in [-0.39, 0.29) is 11.4 Å². The largest absolute Gasteiger partial charge is 0.343 e. The van der Waals surface area contributed by atoms with Gasteiger partial charge >= 0.3 is 6.03 Å². The molecule has 110 valence electrons. The molecule has 1 aromatic carbocycles. The molecule has 0 aliphatic carbocycles. The molecule has 20 heavy (non-hydrogen) atoms. The highest BCUT2D eigenvalue weighted by Crippen LogP contribution is 2.22. The van der Waals surface area contributed by atoms with Crippen molar-refractivity contribution < 1.29 is 14.6 Å². The van der Waals surface area contributed by atoms with Crippen molar-refractivity contribution in [3.05, 3.63) is 34.4 Å². The molecule has 2 amide bonds. The molecule has 0 spiro atoms. The molecule has 0 saturated carbocycles. The standard InChI is InChI=1S/C13H19N3O4/c1-2-3-4-7-10-20-15-13(17)14-11-8-5-6-9-12(11)16(18)19/h5-6,8-9H,2-4,7,10H2,1H3,(H2,14,15,17). The highest BCUT2D eigenvalue weighted by atomic mass is 16.7. The second-order valence-corrected chi connectivity index (χ2v) is 4.24. The highest BCUT2D eigenvalue weighted by molar-refractivity contribution is 5.91. The van der Waals surface area contributed by atoms with Gasteiger partial charge in [-0.1, -0.05) is 38.3 Å². The third-order valence-electron chi connectivity index (χ3n) is 2.61. The summed E-state index contributed by atoms with van der Waals surface area (Å²) < 4.78 is 0. The number of hydrogen-bond acceptors (Lipinski definition) is 4. The number of nitrogens with zero attached hydrogens (tertiary/aromatic N) is 1. The number of benzene rings is 1. The molecule has 7 heteroatoms. The van der Waals surface area contributed by atoms with Gasteiger partial charge in [0, 0.05) is 6.07 Å². The minimum Gasteiger partial charge on any atom is -0.300 e. The van der Waals surface area contributed by atoms with Crippen LogP contribution in [0.15, 0.2) is 24.3 Å². The highest BCUT2D eigenvalue weighted by Gasteiger charge is 2.14. The number of unbranched alkanes of at least 4 members (excludes halogenated alkanes) is 3. The fourth-order valence-electron chi connectivity index (χ4n) is 1.60. The van der Waals surface area contributed by atoms with E-state index < -0.39 is 11.0 Å². The Morgan fingerprint density at radius 1 is 1.30 bits per heavy atom. The number of nitro benzene ring substituents is 1. The summed E-state index contributed by atoms with van der Waals surface area (Å²) in [5.41, 5.74) is 2.17. The number of anilines is 1. The first-order chi connectivity index (χ1) is 9.65. The second-order valence-electron chi connectivity index (χ2n) is 4.24. The number of hydrogen-bond donors (Lipinski definition) is 2. The van der Waals surface area contributed by atoms with Gasteiger partial charge in [-0.2, -0.15) is 0 Å². The summed E-state index contributed by atoms with van der Waals surface area (Å²) >= 11 is 0. The van der Waals surface area contributed by atoms with Crippen LogP contribution in [0.25, 0.3) is 0 Å². The fraction of sp³-hybridized carbons (Fsp3) is 0.462. The van der Waals surface area contributed by atoms with Crippen LogP contribution < -0.4 is 10.8 Å². The van der Waals surface area contributed by atoms with Crippen molar-refractivity contribution in [2.24, 2.45) is 0 Å². The van der Waals surface area contributed by atoms with Crippen LogP contribution in [0.4, 0.5) is 16.2 Å². The molecule has 0 aromatic heterocycles. The Bertz CT molecular complexity index is 451. The maximum atomic E-state index is 11.5. The molecule has 0 radical (unpaired) electrons. The van der Waals surface area contributed by atoms with E-state index in [0.717, 1.165) is 25.7 Å². The Kier molecular flexibility index (Phi) is 7.05. The quantitative estimate of drug-likeness (QED) is 0.434. The molecule has 0 fully saturated rings. The van der Waals surface area contributed by atoms with Gasteiger partial charge in [-0.05, 0) is 12.5 Å². The molecule has 0 heterocycles. The van der Waals surface area contributed by atoms with E-state index in [2.05, 4.69) is 17.7 Å². The third kappa shape index (κ3) is 5.66. The first-order valence-electron chi connectivity index (χ1n) is 6.57. The monoisotopic (exact) mass is 281 g/mol. The molecule has 2 N–H and O–H groups in total. The van der Waals surface area contributed by atoms with E-state index in [1.54, 1.807) is 6.07 Å². The van der Waals surface area contributed by atoms with Crippen LogP contribution in [0.5, 0.6) is 0 Å². The Morgan fingerprint density at radius 2 is 2.05 bits per heavy atom. The first kappa shape index (κ1) is 15.9. The van der Waals surface area contributed by atoms with Gasteiger partial charge in [0.2, 0.25) is 0 Å². The number of rotatable bonds is 8. The van der Waals surface area contributed by atoms with Crippen molar-refractivity contribution in [2.75, 3.05) is 11.9 Å². The Labute approximate surface area is 117 Å². The van der Waals surface area contributed by atoms with E-state index in [4.69, 9.17) is 4.84 Å². The van der Waals surface area contributed by atoms with E-state index in [9.17, 15) is 14.9 Å². The maximum absolute atomic E-state index is 11.5. The summed E-state index contributed by atoms with van der Waals surface area (Å²) in [5, 5.41) is 13.1. The van der Waals surface area contributed by atoms with Crippen LogP contribution in [0.2, 0.25) is 0 Å². The van der Waals surface area contributed by atoms with Crippen LogP contribution in [-0.2, 0) is 4.84 Å². The lowest BCUT2D eigenvalue weighted by Gasteiger charge is -2.08. The van der Waals surface area contributed by atoms with Crippen molar-refractivity contribution in [1.82, 2.24) is 5.48 Å². The van der Waals surface area contributed by atoms with Crippen molar-refractivity contribution in [2.45, 2.75) is 32.6 Å². The first-order valence-corrected chi connectivity index (χ1v) is 6.57. The van der Waals surface area contributed by atoms with Gasteiger partial charge in [-0.3, -0.25) is 15.0 Å². The smallest absolute Gasteiger partial charge is 0.300 e. The Morgan fingerprint density at radius 3 is 2.75 bits per heavy atom. The lowest BCUT2D eigenvalue weighted by atomic mass is 10.2. The average Bonchev–Trinajstić information content (AvgIpc) is 2.43. The number of carbonyl (C=O) groups is 1. The van der Waals surface area contributed by atoms with Gasteiger partial charge in [0.1, 0.15) is 5.69 Å². The Hall–Kier alpha value is -2.15. The van der Waals surface area contributed by atoms with Crippen LogP contribution in [0, 0.1) is 10.1 Å². The molecule has 7 nitrogen and oxygen atoms in total. The predicted octanol–water partition coefficient (Wildman–Crippen LogP) is 3.23. The number of para-hydroxylation sites is 2. The van der Waals surface area contributed by atoms with E-state index in [1.165, 1.54) is 18.2 Å². The molecule has 0 aliphatic rings. The van der Waals surface area contributed by atoms with Crippen molar-refractivity contribution >= 4 is 17.4 Å². The van der Waals surface area contributed by atoms with Gasteiger partial charge in [0.15, 0.2) is 0 Å². The number of nitro groups is 1. The summed E-state index contributed by atoms with van der Waals surface area (Å²) in [6, 6.07) is 5.29. The predicted molar refractivity (Wildman–Crippen MR) is 75.3 cm³/mol. The van der Waals surface area contributed by atoms with Crippen molar-refractivity contribution in [3.63, 3.8) is 0 Å². The molecule has 1 aromatic rings. The van der Waals surface area contributed by atoms with E-state index in [0.29, 0.717) is 6.61 Å². The molecule has 0 aliphatic heterocycles. The summed E-state index contributed by atoms with van der Waals surface area (Å²) in [7, 11) is 0. The van der Waals surface area contributed by atoms with Crippen LogP contribution in [0.3, 0.4) is 0 Å². The number of nitrogens with one attached hydrogen (secondary N) is 2. The summed E-state index contributed by atoms with van der Waals surface area (Å²) in [5.74, 6) is 0. The summed E-state index contributed by atoms with van der Waals surface area (Å²) in [6.45, 7) is 2.53. The SMILES string of the molecule is CCCCCCONC(=O)Nc1ccccc1[N+](=O)[O-]. The molecule has 0 unspecified atom stereocenters. The molecule has 0 saturated heterocycles. The van der Waals surface area contributed by atoms with E-state index in [1.807, 2.05) is 0 Å². The van der Waals surface area contributed by atoms with Gasteiger partial charge < -0.3 is 5.32 Å². The minimum absolute atomic E-state index is 0.129. The number of urea groups is 1. The number of hydroxylamine groups is 1. The molecule has 0 bridgehead atoms. The van der Waals surface area contributed by atoms with Crippen LogP contribution >= 0.6 is 0 Å². The summed E-state index contributed by atoms with van der Waals surface area (Å²) in [6.07, 6.45) is 4.17. The fourth-order valence-corrected chi connectivity index (χ4v) is 1.60. The van der Waals surface area contributed by atoms with Gasteiger partial charge in [-0.15, -0.1) is 0 Å². The molecule has 0 atom stereocenters. The maximum Gasteiger partial charge on any atom is 0.343 e. The van der Waals surface area contributed by atoms with Gasteiger partial charge in [0.05, 0.1) is 11.5 Å². The molecular weight excluding hydrogens is 262 g/mol. The zero-order valence-corrected chi connectivity index (χ0v) is 11.4. The number of amides is 2. The summed E-state index contributed by atoms with van der Waals surface area (Å²) in [4.78, 5) is 26.7. The van der Waals surface area contributed by atoms with Gasteiger partial charge in [0.25, 0.3) is 5.69 Å². The lowest BCUT2D eigenvalue weighted by Crippen LogP contribution is -2.29. The normalized spacial score (nSPS) is 10.1. The zero-order chi connectivity index (χ0) is 14.8. The molecule has 1 rings (SSSR count). The average molecular weight is 281 g/mol. The minimum atomic E-state index is -0.630. The third-order valence-corrected chi connectivity index (χ3v) is 2.61. The topological polar surface area (TPSA) is 93.5 Å².